The number of amides is 1. The number of nitrogens with zero attached hydrogens (tertiary/aromatic N) is 1. The summed E-state index contributed by atoms with van der Waals surface area (Å²) in [5, 5.41) is 16.5. The van der Waals surface area contributed by atoms with E-state index in [0.29, 0.717) is 18.2 Å². The number of aryl methyl sites for hydroxylation is 3. The lowest BCUT2D eigenvalue weighted by Gasteiger charge is -2.30. The van der Waals surface area contributed by atoms with Gasteiger partial charge in [0.2, 0.25) is 6.41 Å². The van der Waals surface area contributed by atoms with Crippen LogP contribution in [0.4, 0.5) is 5.69 Å². The highest BCUT2D eigenvalue weighted by Gasteiger charge is 2.16. The number of aromatic hydroxyl groups is 1. The van der Waals surface area contributed by atoms with Crippen molar-refractivity contribution in [3.63, 3.8) is 0 Å². The van der Waals surface area contributed by atoms with Crippen LogP contribution < -0.4 is 20.3 Å². The maximum Gasteiger partial charge on any atom is 0.207 e. The zero-order valence-corrected chi connectivity index (χ0v) is 21.7. The van der Waals surface area contributed by atoms with Crippen LogP contribution in [0.25, 0.3) is 0 Å². The van der Waals surface area contributed by atoms with Gasteiger partial charge in [0.15, 0.2) is 0 Å². The third kappa shape index (κ3) is 9.10. The molecule has 3 N–H and O–H groups in total. The number of phenolic OH excluding ortho intramolecular Hbond substituents is 1. The van der Waals surface area contributed by atoms with E-state index in [4.69, 9.17) is 4.74 Å². The Morgan fingerprint density at radius 2 is 1.89 bits per heavy atom. The van der Waals surface area contributed by atoms with Gasteiger partial charge in [-0.15, -0.1) is 0 Å². The van der Waals surface area contributed by atoms with Crippen molar-refractivity contribution < 1.29 is 14.6 Å². The molecule has 35 heavy (non-hydrogen) atoms. The lowest BCUT2D eigenvalue weighted by molar-refractivity contribution is -0.109. The fraction of sp³-hybridized carbons (Fsp3) is 0.552. The first kappa shape index (κ1) is 26.9. The Bertz CT molecular complexity index is 925. The summed E-state index contributed by atoms with van der Waals surface area (Å²) in [5.74, 6) is 1.95. The third-order valence-electron chi connectivity index (χ3n) is 6.64. The van der Waals surface area contributed by atoms with Gasteiger partial charge in [-0.3, -0.25) is 4.79 Å². The summed E-state index contributed by atoms with van der Waals surface area (Å²) in [5.41, 5.74) is 4.63. The Morgan fingerprint density at radius 1 is 1.09 bits per heavy atom. The minimum Gasteiger partial charge on any atom is -0.508 e. The van der Waals surface area contributed by atoms with Gasteiger partial charge in [0, 0.05) is 50.9 Å². The predicted octanol–water partition coefficient (Wildman–Crippen LogP) is 4.61. The second kappa shape index (κ2) is 14.0. The average Bonchev–Trinajstić information content (AvgIpc) is 2.84. The number of hydrogen-bond acceptors (Lipinski definition) is 5. The van der Waals surface area contributed by atoms with Crippen LogP contribution in [0.15, 0.2) is 36.4 Å². The number of rotatable bonds is 14. The molecule has 2 aromatic carbocycles. The largest absolute Gasteiger partial charge is 0.508 e. The Labute approximate surface area is 211 Å². The zero-order valence-electron chi connectivity index (χ0n) is 21.7. The van der Waals surface area contributed by atoms with Gasteiger partial charge in [-0.05, 0) is 73.4 Å². The Kier molecular flexibility index (Phi) is 10.7. The topological polar surface area (TPSA) is 73.8 Å². The molecule has 1 aliphatic rings. The van der Waals surface area contributed by atoms with Crippen LogP contribution in [0.3, 0.4) is 0 Å². The van der Waals surface area contributed by atoms with Crippen molar-refractivity contribution in [2.24, 2.45) is 5.92 Å². The molecule has 0 aromatic heterocycles. The molecule has 6 heteroatoms. The molecule has 1 atom stereocenters. The van der Waals surface area contributed by atoms with Crippen LogP contribution in [0.1, 0.15) is 56.2 Å². The number of anilines is 1. The number of benzene rings is 2. The molecule has 6 nitrogen and oxygen atoms in total. The summed E-state index contributed by atoms with van der Waals surface area (Å²) in [6.45, 7) is 11.1. The molecule has 0 spiro atoms. The highest BCUT2D eigenvalue weighted by molar-refractivity contribution is 5.53. The minimum absolute atomic E-state index is 0.0154. The normalized spacial score (nSPS) is 14.7. The number of nitrogens with one attached hydrogen (secondary N) is 2. The van der Waals surface area contributed by atoms with Crippen LogP contribution in [0.5, 0.6) is 11.5 Å². The number of piperazine rings is 1. The van der Waals surface area contributed by atoms with Crippen LogP contribution in [0.2, 0.25) is 0 Å². The fourth-order valence-electron chi connectivity index (χ4n) is 4.68. The van der Waals surface area contributed by atoms with Gasteiger partial charge in [-0.1, -0.05) is 32.4 Å². The van der Waals surface area contributed by atoms with Crippen LogP contribution in [0, 0.1) is 12.8 Å². The molecule has 0 saturated carbocycles. The minimum atomic E-state index is -0.0154. The monoisotopic (exact) mass is 481 g/mol. The molecule has 192 valence electrons. The molecule has 1 heterocycles. The summed E-state index contributed by atoms with van der Waals surface area (Å²) in [4.78, 5) is 13.2. The van der Waals surface area contributed by atoms with E-state index < -0.39 is 0 Å². The van der Waals surface area contributed by atoms with Crippen LogP contribution in [-0.2, 0) is 17.6 Å². The maximum atomic E-state index is 10.8. The molecular weight excluding hydrogens is 438 g/mol. The summed E-state index contributed by atoms with van der Waals surface area (Å²) in [6, 6.07) is 12.4. The molecule has 0 aliphatic carbocycles. The molecule has 1 aliphatic heterocycles. The molecule has 3 rings (SSSR count). The number of ether oxygens (including phenoxy) is 1. The van der Waals surface area contributed by atoms with Gasteiger partial charge < -0.3 is 25.4 Å². The maximum absolute atomic E-state index is 10.8. The van der Waals surface area contributed by atoms with Crippen LogP contribution in [-0.4, -0.2) is 50.3 Å². The van der Waals surface area contributed by atoms with Crippen molar-refractivity contribution in [3.8, 4) is 11.5 Å². The first-order valence-electron chi connectivity index (χ1n) is 13.2. The second-order valence-electron chi connectivity index (χ2n) is 10.1. The third-order valence-corrected chi connectivity index (χ3v) is 6.64. The summed E-state index contributed by atoms with van der Waals surface area (Å²) < 4.78 is 6.49. The van der Waals surface area contributed by atoms with Gasteiger partial charge in [0.05, 0.1) is 0 Å². The van der Waals surface area contributed by atoms with Gasteiger partial charge in [-0.25, -0.2) is 0 Å². The first-order chi connectivity index (χ1) is 16.9. The predicted molar refractivity (Wildman–Crippen MR) is 144 cm³/mol. The van der Waals surface area contributed by atoms with Gasteiger partial charge in [0.25, 0.3) is 0 Å². The number of carbonyl (C=O) groups is 1. The molecule has 1 saturated heterocycles. The van der Waals surface area contributed by atoms with Gasteiger partial charge >= 0.3 is 0 Å². The summed E-state index contributed by atoms with van der Waals surface area (Å²) in [7, 11) is 0. The molecule has 1 amide bonds. The van der Waals surface area contributed by atoms with Crippen molar-refractivity contribution >= 4 is 12.1 Å². The average molecular weight is 482 g/mol. The standard InChI is InChI=1S/C29H43N3O3/c1-22(2)5-4-6-25-19-24(8-10-29(25)34)7-9-27(11-12-31-21-33)35-28-18-23(3)17-26(20-28)32-15-13-30-14-16-32/h8,10,17-22,27,30,34H,4-7,9,11-16H2,1-3H3,(H,31,33). The number of carbonyl (C=O) groups excluding carboxylic acids is 1. The fourth-order valence-corrected chi connectivity index (χ4v) is 4.68. The van der Waals surface area contributed by atoms with E-state index in [9.17, 15) is 9.90 Å². The molecular formula is C29H43N3O3. The van der Waals surface area contributed by atoms with E-state index >= 15 is 0 Å². The van der Waals surface area contributed by atoms with Crippen molar-refractivity contribution in [3.05, 3.63) is 53.1 Å². The van der Waals surface area contributed by atoms with Gasteiger partial charge in [0.1, 0.15) is 17.6 Å². The highest BCUT2D eigenvalue weighted by Crippen LogP contribution is 2.27. The molecule has 1 fully saturated rings. The first-order valence-corrected chi connectivity index (χ1v) is 13.2. The Morgan fingerprint density at radius 3 is 2.63 bits per heavy atom. The lowest BCUT2D eigenvalue weighted by atomic mass is 9.98. The summed E-state index contributed by atoms with van der Waals surface area (Å²) in [6.07, 6.45) is 6.33. The zero-order chi connectivity index (χ0) is 25.0. The molecule has 1 unspecified atom stereocenters. The SMILES string of the molecule is Cc1cc(OC(CCNC=O)CCc2ccc(O)c(CCCC(C)C)c2)cc(N2CCNCC2)c1. The van der Waals surface area contributed by atoms with Crippen LogP contribution >= 0.6 is 0 Å². The van der Waals surface area contributed by atoms with Crippen molar-refractivity contribution in [1.82, 2.24) is 10.6 Å². The smallest absolute Gasteiger partial charge is 0.207 e. The van der Waals surface area contributed by atoms with E-state index in [1.54, 1.807) is 0 Å². The van der Waals surface area contributed by atoms with E-state index in [-0.39, 0.29) is 6.10 Å². The highest BCUT2D eigenvalue weighted by atomic mass is 16.5. The van der Waals surface area contributed by atoms with Crippen molar-refractivity contribution in [2.45, 2.75) is 65.4 Å². The van der Waals surface area contributed by atoms with E-state index in [1.165, 1.54) is 16.8 Å². The quantitative estimate of drug-likeness (QED) is 0.272. The number of hydrogen-bond donors (Lipinski definition) is 3. The Balaban J connectivity index is 1.66. The second-order valence-corrected chi connectivity index (χ2v) is 10.1. The Hall–Kier alpha value is -2.73. The molecule has 2 aromatic rings. The number of phenols is 1. The van der Waals surface area contributed by atoms with Crippen molar-refractivity contribution in [2.75, 3.05) is 37.6 Å². The lowest BCUT2D eigenvalue weighted by Crippen LogP contribution is -2.43. The van der Waals surface area contributed by atoms with E-state index in [0.717, 1.165) is 82.4 Å². The van der Waals surface area contributed by atoms with E-state index in [1.807, 2.05) is 12.1 Å². The molecule has 0 radical (unpaired) electrons. The van der Waals surface area contributed by atoms with E-state index in [2.05, 4.69) is 60.6 Å². The molecule has 0 bridgehead atoms. The summed E-state index contributed by atoms with van der Waals surface area (Å²) >= 11 is 0. The van der Waals surface area contributed by atoms with Crippen molar-refractivity contribution in [1.29, 1.82) is 0 Å². The van der Waals surface area contributed by atoms with Gasteiger partial charge in [-0.2, -0.15) is 0 Å².